The lowest BCUT2D eigenvalue weighted by molar-refractivity contribution is -0.132. The summed E-state index contributed by atoms with van der Waals surface area (Å²) >= 11 is 6.25. The maximum absolute atomic E-state index is 13.8. The monoisotopic (exact) mass is 589 g/mol. The summed E-state index contributed by atoms with van der Waals surface area (Å²) in [4.78, 5) is 12.5. The Labute approximate surface area is 229 Å². The molecule has 0 aliphatic heterocycles. The Hall–Kier alpha value is -2.18. The van der Waals surface area contributed by atoms with Gasteiger partial charge in [-0.3, -0.25) is 4.79 Å². The number of amides is 1. The standard InChI is InChI=1S/C27H31ClF3NO6S/c1-13-6-15-8-17(11-18(13)27(15,36)12-23(33)26(2,3)35)39(37,38)22-7-14(4-5-19(22)28)25(34)32-16-9-20(29)24(31)21(30)10-16/h4-5,7,9-10,13,15,17-18,23,33,35-36H,6,8,11-12H2,1-3H3,(H,32,34)/t13-,15?,17+,18+,23?,27+/m0/s1. The molecule has 2 fully saturated rings. The van der Waals surface area contributed by atoms with Crippen LogP contribution in [0.1, 0.15) is 56.8 Å². The van der Waals surface area contributed by atoms with Gasteiger partial charge in [0.2, 0.25) is 0 Å². The van der Waals surface area contributed by atoms with E-state index in [0.29, 0.717) is 18.6 Å². The molecule has 12 heteroatoms. The number of fused-ring (bicyclic) bond motifs is 2. The Kier molecular flexibility index (Phi) is 7.90. The summed E-state index contributed by atoms with van der Waals surface area (Å²) in [6.07, 6.45) is -0.565. The van der Waals surface area contributed by atoms with Gasteiger partial charge in [0.1, 0.15) is 0 Å². The van der Waals surface area contributed by atoms with Crippen LogP contribution in [-0.2, 0) is 9.84 Å². The molecule has 7 nitrogen and oxygen atoms in total. The summed E-state index contributed by atoms with van der Waals surface area (Å²) in [5, 5.41) is 33.4. The number of carbonyl (C=O) groups excluding carboxylic acids is 1. The number of sulfone groups is 1. The third-order valence-electron chi connectivity index (χ3n) is 8.27. The number of aliphatic hydroxyl groups is 3. The zero-order chi connectivity index (χ0) is 29.1. The van der Waals surface area contributed by atoms with E-state index in [2.05, 4.69) is 5.32 Å². The Bertz CT molecular complexity index is 1380. The van der Waals surface area contributed by atoms with Crippen LogP contribution in [-0.4, -0.2) is 52.2 Å². The molecule has 2 saturated carbocycles. The van der Waals surface area contributed by atoms with Crippen molar-refractivity contribution in [2.24, 2.45) is 17.8 Å². The molecule has 0 heterocycles. The van der Waals surface area contributed by atoms with E-state index in [1.54, 1.807) is 0 Å². The number of halogens is 4. The van der Waals surface area contributed by atoms with Crippen LogP contribution in [0, 0.1) is 35.2 Å². The van der Waals surface area contributed by atoms with Gasteiger partial charge in [0.05, 0.1) is 32.5 Å². The molecule has 4 N–H and O–H groups in total. The third-order valence-corrected chi connectivity index (χ3v) is 10.9. The highest BCUT2D eigenvalue weighted by Crippen LogP contribution is 2.56. The van der Waals surface area contributed by atoms with Gasteiger partial charge in [0.15, 0.2) is 27.3 Å². The van der Waals surface area contributed by atoms with E-state index in [1.165, 1.54) is 26.0 Å². The molecule has 2 bridgehead atoms. The van der Waals surface area contributed by atoms with Crippen LogP contribution in [0.15, 0.2) is 35.2 Å². The molecule has 2 aromatic carbocycles. The topological polar surface area (TPSA) is 124 Å². The number of rotatable bonds is 7. The molecular weight excluding hydrogens is 559 g/mol. The molecule has 2 unspecified atom stereocenters. The van der Waals surface area contributed by atoms with E-state index in [-0.39, 0.29) is 46.3 Å². The molecule has 214 valence electrons. The van der Waals surface area contributed by atoms with Crippen molar-refractivity contribution in [1.82, 2.24) is 0 Å². The molecule has 39 heavy (non-hydrogen) atoms. The van der Waals surface area contributed by atoms with E-state index in [4.69, 9.17) is 11.6 Å². The smallest absolute Gasteiger partial charge is 0.255 e. The van der Waals surface area contributed by atoms with E-state index in [1.807, 2.05) is 6.92 Å². The average molecular weight is 590 g/mol. The van der Waals surface area contributed by atoms with Crippen LogP contribution >= 0.6 is 11.6 Å². The zero-order valence-electron chi connectivity index (χ0n) is 21.6. The van der Waals surface area contributed by atoms with Crippen molar-refractivity contribution < 1.29 is 41.7 Å². The van der Waals surface area contributed by atoms with Crippen molar-refractivity contribution in [2.45, 2.75) is 73.9 Å². The maximum Gasteiger partial charge on any atom is 0.255 e. The highest BCUT2D eigenvalue weighted by Gasteiger charge is 2.59. The van der Waals surface area contributed by atoms with Crippen molar-refractivity contribution in [3.63, 3.8) is 0 Å². The van der Waals surface area contributed by atoms with Crippen LogP contribution in [0.3, 0.4) is 0 Å². The van der Waals surface area contributed by atoms with Crippen molar-refractivity contribution in [3.05, 3.63) is 58.4 Å². The van der Waals surface area contributed by atoms with Gasteiger partial charge in [-0.25, -0.2) is 21.6 Å². The van der Waals surface area contributed by atoms with E-state index in [9.17, 15) is 41.7 Å². The van der Waals surface area contributed by atoms with Crippen molar-refractivity contribution >= 4 is 33.0 Å². The minimum absolute atomic E-state index is 0.0294. The fourth-order valence-electron chi connectivity index (χ4n) is 6.05. The second-order valence-electron chi connectivity index (χ2n) is 11.4. The van der Waals surface area contributed by atoms with Crippen LogP contribution < -0.4 is 5.32 Å². The number of hydrogen-bond acceptors (Lipinski definition) is 6. The highest BCUT2D eigenvalue weighted by molar-refractivity contribution is 7.92. The minimum Gasteiger partial charge on any atom is -0.390 e. The molecule has 6 atom stereocenters. The summed E-state index contributed by atoms with van der Waals surface area (Å²) in [6, 6.07) is 4.74. The Morgan fingerprint density at radius 2 is 1.77 bits per heavy atom. The largest absolute Gasteiger partial charge is 0.390 e. The fraction of sp³-hybridized carbons (Fsp3) is 0.519. The highest BCUT2D eigenvalue weighted by atomic mass is 35.5. The number of anilines is 1. The van der Waals surface area contributed by atoms with Gasteiger partial charge in [0.25, 0.3) is 5.91 Å². The normalized spacial score (nSPS) is 27.8. The molecule has 0 radical (unpaired) electrons. The van der Waals surface area contributed by atoms with Crippen LogP contribution in [0.2, 0.25) is 5.02 Å². The van der Waals surface area contributed by atoms with Gasteiger partial charge in [-0.1, -0.05) is 18.5 Å². The maximum atomic E-state index is 13.8. The lowest BCUT2D eigenvalue weighted by Gasteiger charge is -2.45. The first kappa shape index (κ1) is 29.8. The first-order valence-electron chi connectivity index (χ1n) is 12.6. The second-order valence-corrected chi connectivity index (χ2v) is 14.0. The van der Waals surface area contributed by atoms with Gasteiger partial charge >= 0.3 is 0 Å². The summed E-state index contributed by atoms with van der Waals surface area (Å²) in [5.74, 6) is -6.51. The number of nitrogens with one attached hydrogen (secondary N) is 1. The zero-order valence-corrected chi connectivity index (χ0v) is 23.2. The first-order valence-corrected chi connectivity index (χ1v) is 14.5. The summed E-state index contributed by atoms with van der Waals surface area (Å²) in [6.45, 7) is 4.80. The lowest BCUT2D eigenvalue weighted by atomic mass is 9.69. The fourth-order valence-corrected chi connectivity index (χ4v) is 8.43. The van der Waals surface area contributed by atoms with Crippen molar-refractivity contribution in [3.8, 4) is 0 Å². The van der Waals surface area contributed by atoms with Gasteiger partial charge in [-0.05, 0) is 69.1 Å². The lowest BCUT2D eigenvalue weighted by Crippen LogP contribution is -2.53. The SMILES string of the molecule is C[C@H]1CC2C[C@@H](S(=O)(=O)c3cc(C(=O)Nc4cc(F)c(F)c(F)c4)ccc3Cl)C[C@H]1[C@@]2(O)CC(O)C(C)(C)O. The van der Waals surface area contributed by atoms with Gasteiger partial charge in [0, 0.05) is 29.8 Å². The molecule has 0 spiro atoms. The van der Waals surface area contributed by atoms with Crippen molar-refractivity contribution in [2.75, 3.05) is 5.32 Å². The molecule has 2 aliphatic carbocycles. The van der Waals surface area contributed by atoms with Gasteiger partial charge in [-0.2, -0.15) is 0 Å². The predicted octanol–water partition coefficient (Wildman–Crippen LogP) is 4.47. The molecule has 0 saturated heterocycles. The van der Waals surface area contributed by atoms with Gasteiger partial charge in [-0.15, -0.1) is 0 Å². The van der Waals surface area contributed by atoms with Crippen LogP contribution in [0.5, 0.6) is 0 Å². The summed E-state index contributed by atoms with van der Waals surface area (Å²) in [7, 11) is -4.10. The molecular formula is C27H31ClF3NO6S. The molecule has 2 aliphatic rings. The molecule has 0 aromatic heterocycles. The number of benzene rings is 2. The minimum atomic E-state index is -4.10. The number of aliphatic hydroxyl groups excluding tert-OH is 1. The Balaban J connectivity index is 1.59. The number of carbonyl (C=O) groups is 1. The number of hydrogen-bond donors (Lipinski definition) is 4. The summed E-state index contributed by atoms with van der Waals surface area (Å²) in [5.41, 5.74) is -3.31. The molecule has 1 amide bonds. The van der Waals surface area contributed by atoms with Crippen LogP contribution in [0.25, 0.3) is 0 Å². The predicted molar refractivity (Wildman–Crippen MR) is 139 cm³/mol. The molecule has 4 rings (SSSR count). The van der Waals surface area contributed by atoms with E-state index < -0.39 is 67.6 Å². The van der Waals surface area contributed by atoms with E-state index >= 15 is 0 Å². The Morgan fingerprint density at radius 3 is 2.33 bits per heavy atom. The second kappa shape index (κ2) is 10.3. The average Bonchev–Trinajstić information content (AvgIpc) is 2.95. The first-order chi connectivity index (χ1) is 17.9. The van der Waals surface area contributed by atoms with E-state index in [0.717, 1.165) is 6.07 Å². The van der Waals surface area contributed by atoms with Crippen LogP contribution in [0.4, 0.5) is 18.9 Å². The summed E-state index contributed by atoms with van der Waals surface area (Å²) < 4.78 is 67.8. The Morgan fingerprint density at radius 1 is 1.15 bits per heavy atom. The molecule has 2 aromatic rings. The van der Waals surface area contributed by atoms with Gasteiger partial charge < -0.3 is 20.6 Å². The van der Waals surface area contributed by atoms with Crippen molar-refractivity contribution in [1.29, 1.82) is 0 Å². The quantitative estimate of drug-likeness (QED) is 0.353. The third kappa shape index (κ3) is 5.56.